The van der Waals surface area contributed by atoms with Gasteiger partial charge < -0.3 is 5.11 Å². The second-order valence-electron chi connectivity index (χ2n) is 4.21. The number of aliphatic hydroxyl groups excluding tert-OH is 1. The van der Waals surface area contributed by atoms with Crippen LogP contribution in [-0.2, 0) is 10.0 Å². The van der Waals surface area contributed by atoms with Crippen molar-refractivity contribution >= 4 is 15.7 Å². The molecule has 0 aliphatic carbocycles. The number of sulfonamides is 1. The van der Waals surface area contributed by atoms with Gasteiger partial charge in [-0.05, 0) is 12.1 Å². The van der Waals surface area contributed by atoms with Gasteiger partial charge in [0.2, 0.25) is 15.8 Å². The minimum Gasteiger partial charge on any atom is -0.396 e. The summed E-state index contributed by atoms with van der Waals surface area (Å²) in [6.07, 6.45) is 0. The Balaban J connectivity index is 2.42. The summed E-state index contributed by atoms with van der Waals surface area (Å²) in [6, 6.07) is 2.95. The summed E-state index contributed by atoms with van der Waals surface area (Å²) in [5.41, 5.74) is -1.05. The van der Waals surface area contributed by atoms with Gasteiger partial charge in [-0.1, -0.05) is 6.07 Å². The first-order valence-electron chi connectivity index (χ1n) is 5.42. The van der Waals surface area contributed by atoms with Gasteiger partial charge in [0, 0.05) is 25.6 Å². The summed E-state index contributed by atoms with van der Waals surface area (Å²) in [7, 11) is -4.10. The molecule has 0 saturated carbocycles. The molecular weight excluding hydrogens is 279 g/mol. The predicted molar refractivity (Wildman–Crippen MR) is 62.4 cm³/mol. The SMILES string of the molecule is O=[N+]([O-])c1c(F)cccc1S(=O)(=O)N1CC(CO)C1. The average molecular weight is 290 g/mol. The average Bonchev–Trinajstić information content (AvgIpc) is 2.26. The van der Waals surface area contributed by atoms with Crippen LogP contribution in [0, 0.1) is 21.8 Å². The highest BCUT2D eigenvalue weighted by Crippen LogP contribution is 2.32. The van der Waals surface area contributed by atoms with Crippen molar-refractivity contribution in [2.75, 3.05) is 19.7 Å². The van der Waals surface area contributed by atoms with Crippen LogP contribution in [0.4, 0.5) is 10.1 Å². The number of halogens is 1. The number of hydrogen-bond acceptors (Lipinski definition) is 5. The first kappa shape index (κ1) is 13.8. The third-order valence-corrected chi connectivity index (χ3v) is 4.80. The second-order valence-corrected chi connectivity index (χ2v) is 6.12. The van der Waals surface area contributed by atoms with E-state index in [-0.39, 0.29) is 25.6 Å². The minimum absolute atomic E-state index is 0.0759. The first-order chi connectivity index (χ1) is 8.87. The fourth-order valence-electron chi connectivity index (χ4n) is 1.85. The number of benzene rings is 1. The van der Waals surface area contributed by atoms with Crippen LogP contribution in [0.5, 0.6) is 0 Å². The van der Waals surface area contributed by atoms with Gasteiger partial charge in [0.25, 0.3) is 0 Å². The van der Waals surface area contributed by atoms with Gasteiger partial charge in [-0.3, -0.25) is 10.1 Å². The Bertz CT molecular complexity index is 612. The lowest BCUT2D eigenvalue weighted by Crippen LogP contribution is -2.51. The van der Waals surface area contributed by atoms with E-state index in [1.807, 2.05) is 0 Å². The van der Waals surface area contributed by atoms with Crippen LogP contribution in [0.2, 0.25) is 0 Å². The Morgan fingerprint density at radius 2 is 2.11 bits per heavy atom. The number of hydrogen-bond donors (Lipinski definition) is 1. The summed E-state index contributed by atoms with van der Waals surface area (Å²) in [4.78, 5) is 9.07. The lowest BCUT2D eigenvalue weighted by Gasteiger charge is -2.36. The Kier molecular flexibility index (Phi) is 3.52. The first-order valence-corrected chi connectivity index (χ1v) is 6.86. The Hall–Kier alpha value is -1.58. The van der Waals surface area contributed by atoms with Gasteiger partial charge >= 0.3 is 5.69 Å². The number of nitrogens with zero attached hydrogens (tertiary/aromatic N) is 2. The maximum atomic E-state index is 13.4. The Labute approximate surface area is 108 Å². The lowest BCUT2D eigenvalue weighted by molar-refractivity contribution is -0.390. The molecule has 0 bridgehead atoms. The molecule has 0 radical (unpaired) electrons. The molecule has 0 unspecified atom stereocenters. The van der Waals surface area contributed by atoms with Gasteiger partial charge in [-0.2, -0.15) is 8.70 Å². The summed E-state index contributed by atoms with van der Waals surface area (Å²) in [5.74, 6) is -1.37. The van der Waals surface area contributed by atoms with Gasteiger partial charge in [-0.25, -0.2) is 8.42 Å². The van der Waals surface area contributed by atoms with E-state index >= 15 is 0 Å². The quantitative estimate of drug-likeness (QED) is 0.637. The highest BCUT2D eigenvalue weighted by atomic mass is 32.2. The fraction of sp³-hybridized carbons (Fsp3) is 0.400. The van der Waals surface area contributed by atoms with Gasteiger partial charge in [-0.15, -0.1) is 0 Å². The number of nitro groups is 1. The molecule has 1 aliphatic rings. The number of aliphatic hydroxyl groups is 1. The summed E-state index contributed by atoms with van der Waals surface area (Å²) >= 11 is 0. The van der Waals surface area contributed by atoms with Crippen LogP contribution in [0.1, 0.15) is 0 Å². The molecule has 1 saturated heterocycles. The van der Waals surface area contributed by atoms with Gasteiger partial charge in [0.1, 0.15) is 0 Å². The van der Waals surface area contributed by atoms with Crippen molar-refractivity contribution in [3.8, 4) is 0 Å². The Morgan fingerprint density at radius 1 is 1.47 bits per heavy atom. The molecule has 0 spiro atoms. The standard InChI is InChI=1S/C10H11FN2O5S/c11-8-2-1-3-9(10(8)13(15)16)19(17,18)12-4-7(5-12)6-14/h1-3,7,14H,4-6H2. The van der Waals surface area contributed by atoms with Crippen molar-refractivity contribution in [2.45, 2.75) is 4.90 Å². The zero-order valence-corrected chi connectivity index (χ0v) is 10.5. The third kappa shape index (κ3) is 2.31. The maximum absolute atomic E-state index is 13.4. The normalized spacial score (nSPS) is 17.2. The number of rotatable bonds is 4. The van der Waals surface area contributed by atoms with Crippen molar-refractivity contribution in [1.82, 2.24) is 4.31 Å². The molecule has 1 aromatic carbocycles. The van der Waals surface area contributed by atoms with E-state index in [1.54, 1.807) is 0 Å². The van der Waals surface area contributed by atoms with Crippen molar-refractivity contribution in [1.29, 1.82) is 0 Å². The molecule has 1 aromatic rings. The van der Waals surface area contributed by atoms with Crippen LogP contribution in [0.25, 0.3) is 0 Å². The van der Waals surface area contributed by atoms with Gasteiger partial charge in [0.15, 0.2) is 4.90 Å². The Morgan fingerprint density at radius 3 is 2.63 bits per heavy atom. The van der Waals surface area contributed by atoms with Crippen LogP contribution >= 0.6 is 0 Å². The summed E-state index contributed by atoms with van der Waals surface area (Å²) in [6.45, 7) is -0.00370. The smallest absolute Gasteiger partial charge is 0.324 e. The zero-order valence-electron chi connectivity index (χ0n) is 9.69. The van der Waals surface area contributed by atoms with E-state index in [0.29, 0.717) is 0 Å². The molecule has 1 fully saturated rings. The van der Waals surface area contributed by atoms with E-state index in [9.17, 15) is 22.9 Å². The van der Waals surface area contributed by atoms with Crippen LogP contribution in [0.15, 0.2) is 23.1 Å². The van der Waals surface area contributed by atoms with Crippen molar-refractivity contribution < 1.29 is 22.8 Å². The molecular formula is C10H11FN2O5S. The van der Waals surface area contributed by atoms with E-state index < -0.39 is 31.3 Å². The molecule has 9 heteroatoms. The van der Waals surface area contributed by atoms with E-state index in [1.165, 1.54) is 0 Å². The molecule has 2 rings (SSSR count). The van der Waals surface area contributed by atoms with Crippen molar-refractivity contribution in [3.05, 3.63) is 34.1 Å². The lowest BCUT2D eigenvalue weighted by atomic mass is 10.1. The largest absolute Gasteiger partial charge is 0.396 e. The van der Waals surface area contributed by atoms with E-state index in [2.05, 4.69) is 0 Å². The molecule has 19 heavy (non-hydrogen) atoms. The molecule has 0 atom stereocenters. The molecule has 1 heterocycles. The van der Waals surface area contributed by atoms with Gasteiger partial charge in [0.05, 0.1) is 4.92 Å². The zero-order chi connectivity index (χ0) is 14.2. The molecule has 1 N–H and O–H groups in total. The molecule has 1 aliphatic heterocycles. The van der Waals surface area contributed by atoms with E-state index in [0.717, 1.165) is 22.5 Å². The third-order valence-electron chi connectivity index (χ3n) is 2.93. The van der Waals surface area contributed by atoms with Crippen LogP contribution in [0.3, 0.4) is 0 Å². The van der Waals surface area contributed by atoms with E-state index in [4.69, 9.17) is 5.11 Å². The molecule has 104 valence electrons. The number of nitro benzene ring substituents is 1. The topological polar surface area (TPSA) is 101 Å². The molecule has 0 amide bonds. The van der Waals surface area contributed by atoms with Crippen molar-refractivity contribution in [3.63, 3.8) is 0 Å². The fourth-order valence-corrected chi connectivity index (χ4v) is 3.61. The highest BCUT2D eigenvalue weighted by molar-refractivity contribution is 7.89. The highest BCUT2D eigenvalue weighted by Gasteiger charge is 2.40. The number of para-hydroxylation sites is 1. The molecule has 7 nitrogen and oxygen atoms in total. The predicted octanol–water partition coefficient (Wildman–Crippen LogP) is 0.347. The summed E-state index contributed by atoms with van der Waals surface area (Å²) < 4.78 is 38.6. The van der Waals surface area contributed by atoms with Crippen LogP contribution < -0.4 is 0 Å². The summed E-state index contributed by atoms with van der Waals surface area (Å²) in [5, 5.41) is 19.6. The second kappa shape index (κ2) is 4.83. The van der Waals surface area contributed by atoms with Crippen molar-refractivity contribution in [2.24, 2.45) is 5.92 Å². The monoisotopic (exact) mass is 290 g/mol. The minimum atomic E-state index is -4.10. The maximum Gasteiger partial charge on any atom is 0.324 e. The van der Waals surface area contributed by atoms with Crippen LogP contribution in [-0.4, -0.2) is 42.4 Å². The molecule has 0 aromatic heterocycles.